The maximum Gasteiger partial charge on any atom is 0.126 e. The lowest BCUT2D eigenvalue weighted by Gasteiger charge is -2.16. The molecule has 3 heteroatoms. The Bertz CT molecular complexity index is 305. The Labute approximate surface area is 85.5 Å². The van der Waals surface area contributed by atoms with E-state index in [1.54, 1.807) is 0 Å². The van der Waals surface area contributed by atoms with Crippen molar-refractivity contribution in [3.63, 3.8) is 0 Å². The number of nitrogens with one attached hydrogen (secondary N) is 1. The highest BCUT2D eigenvalue weighted by Crippen LogP contribution is 2.46. The molecule has 1 N–H and O–H groups in total. The van der Waals surface area contributed by atoms with Gasteiger partial charge >= 0.3 is 0 Å². The van der Waals surface area contributed by atoms with Crippen LogP contribution in [0.15, 0.2) is 12.4 Å². The van der Waals surface area contributed by atoms with E-state index >= 15 is 0 Å². The molecule has 0 aromatic carbocycles. The van der Waals surface area contributed by atoms with Crippen LogP contribution in [0.1, 0.15) is 32.1 Å². The van der Waals surface area contributed by atoms with Gasteiger partial charge in [0.25, 0.3) is 0 Å². The molecule has 1 aromatic heterocycles. The molecule has 2 rings (SSSR count). The summed E-state index contributed by atoms with van der Waals surface area (Å²) in [6, 6.07) is 0.444. The molecular weight excluding hydrogens is 174 g/mol. The van der Waals surface area contributed by atoms with Crippen molar-refractivity contribution in [1.29, 1.82) is 0 Å². The normalized spacial score (nSPS) is 27.6. The van der Waals surface area contributed by atoms with Gasteiger partial charge in [-0.25, -0.2) is 4.98 Å². The first-order chi connectivity index (χ1) is 6.77. The van der Waals surface area contributed by atoms with Crippen LogP contribution in [0, 0.1) is 11.8 Å². The highest BCUT2D eigenvalue weighted by molar-refractivity contribution is 5.06. The number of nitrogens with zero attached hydrogens (tertiary/aromatic N) is 2. The van der Waals surface area contributed by atoms with E-state index in [0.717, 1.165) is 18.4 Å². The third-order valence-corrected chi connectivity index (χ3v) is 3.28. The maximum absolute atomic E-state index is 4.45. The molecule has 1 heterocycles. The summed E-state index contributed by atoms with van der Waals surface area (Å²) in [7, 11) is 2.03. The van der Waals surface area contributed by atoms with Gasteiger partial charge in [-0.1, -0.05) is 6.92 Å². The standard InChI is InChI=1S/C11H19N3/c1-4-14-6-5-13-11(14)10(12-3)9-7-8(9)2/h5-6,8-10,12H,4,7H2,1-3H3. The fraction of sp³-hybridized carbons (Fsp3) is 0.727. The number of aryl methyl sites for hydroxylation is 1. The molecule has 0 amide bonds. The lowest BCUT2D eigenvalue weighted by Crippen LogP contribution is -2.23. The van der Waals surface area contributed by atoms with Crippen LogP contribution in [-0.4, -0.2) is 16.6 Å². The molecule has 78 valence electrons. The SMILES string of the molecule is CCn1ccnc1C(NC)C1CC1C. The van der Waals surface area contributed by atoms with Crippen molar-refractivity contribution < 1.29 is 0 Å². The molecule has 3 atom stereocenters. The Morgan fingerprint density at radius 2 is 2.43 bits per heavy atom. The Morgan fingerprint density at radius 1 is 1.71 bits per heavy atom. The summed E-state index contributed by atoms with van der Waals surface area (Å²) >= 11 is 0. The lowest BCUT2D eigenvalue weighted by atomic mass is 10.1. The van der Waals surface area contributed by atoms with Crippen LogP contribution in [0.2, 0.25) is 0 Å². The fourth-order valence-electron chi connectivity index (χ4n) is 2.22. The van der Waals surface area contributed by atoms with E-state index in [9.17, 15) is 0 Å². The molecular formula is C11H19N3. The zero-order chi connectivity index (χ0) is 10.1. The van der Waals surface area contributed by atoms with Crippen LogP contribution in [0.25, 0.3) is 0 Å². The molecule has 1 aliphatic carbocycles. The second-order valence-electron chi connectivity index (χ2n) is 4.21. The molecule has 1 fully saturated rings. The average Bonchev–Trinajstić information content (AvgIpc) is 2.74. The highest BCUT2D eigenvalue weighted by atomic mass is 15.1. The molecule has 0 spiro atoms. The molecule has 1 saturated carbocycles. The maximum atomic E-state index is 4.45. The Hall–Kier alpha value is -0.830. The fourth-order valence-corrected chi connectivity index (χ4v) is 2.22. The summed E-state index contributed by atoms with van der Waals surface area (Å²) in [6.45, 7) is 5.48. The summed E-state index contributed by atoms with van der Waals surface area (Å²) in [5.41, 5.74) is 0. The molecule has 0 bridgehead atoms. The molecule has 1 aromatic rings. The first-order valence-electron chi connectivity index (χ1n) is 5.46. The van der Waals surface area contributed by atoms with Crippen LogP contribution >= 0.6 is 0 Å². The number of rotatable bonds is 4. The monoisotopic (exact) mass is 193 g/mol. The predicted octanol–water partition coefficient (Wildman–Crippen LogP) is 1.82. The smallest absolute Gasteiger partial charge is 0.126 e. The minimum atomic E-state index is 0.444. The van der Waals surface area contributed by atoms with Crippen molar-refractivity contribution in [2.24, 2.45) is 11.8 Å². The molecule has 3 unspecified atom stereocenters. The number of imidazole rings is 1. The molecule has 0 saturated heterocycles. The number of hydrogen-bond acceptors (Lipinski definition) is 2. The topological polar surface area (TPSA) is 29.9 Å². The van der Waals surface area contributed by atoms with Gasteiger partial charge in [0.2, 0.25) is 0 Å². The van der Waals surface area contributed by atoms with E-state index < -0.39 is 0 Å². The van der Waals surface area contributed by atoms with Crippen molar-refractivity contribution in [2.75, 3.05) is 7.05 Å². The van der Waals surface area contributed by atoms with E-state index in [-0.39, 0.29) is 0 Å². The Kier molecular flexibility index (Phi) is 2.59. The van der Waals surface area contributed by atoms with Crippen molar-refractivity contribution in [3.05, 3.63) is 18.2 Å². The van der Waals surface area contributed by atoms with Crippen LogP contribution < -0.4 is 5.32 Å². The summed E-state index contributed by atoms with van der Waals surface area (Å²) in [5, 5.41) is 3.39. The second kappa shape index (κ2) is 3.73. The summed E-state index contributed by atoms with van der Waals surface area (Å²) in [4.78, 5) is 4.45. The first-order valence-corrected chi connectivity index (χ1v) is 5.46. The van der Waals surface area contributed by atoms with Crippen molar-refractivity contribution in [1.82, 2.24) is 14.9 Å². The van der Waals surface area contributed by atoms with Gasteiger partial charge in [-0.3, -0.25) is 0 Å². The molecule has 3 nitrogen and oxygen atoms in total. The molecule has 1 aliphatic rings. The van der Waals surface area contributed by atoms with Crippen LogP contribution in [0.5, 0.6) is 0 Å². The Morgan fingerprint density at radius 3 is 2.93 bits per heavy atom. The summed E-state index contributed by atoms with van der Waals surface area (Å²) in [6.07, 6.45) is 5.30. The predicted molar refractivity (Wildman–Crippen MR) is 57.0 cm³/mol. The van der Waals surface area contributed by atoms with Gasteiger partial charge in [0.1, 0.15) is 5.82 Å². The van der Waals surface area contributed by atoms with Gasteiger partial charge in [0.15, 0.2) is 0 Å². The van der Waals surface area contributed by atoms with E-state index in [1.165, 1.54) is 12.2 Å². The second-order valence-corrected chi connectivity index (χ2v) is 4.21. The average molecular weight is 193 g/mol. The Balaban J connectivity index is 2.18. The largest absolute Gasteiger partial charge is 0.334 e. The van der Waals surface area contributed by atoms with Gasteiger partial charge in [-0.2, -0.15) is 0 Å². The number of hydrogen-bond donors (Lipinski definition) is 1. The van der Waals surface area contributed by atoms with Gasteiger partial charge in [0.05, 0.1) is 6.04 Å². The minimum Gasteiger partial charge on any atom is -0.334 e. The third-order valence-electron chi connectivity index (χ3n) is 3.28. The van der Waals surface area contributed by atoms with Gasteiger partial charge in [-0.15, -0.1) is 0 Å². The van der Waals surface area contributed by atoms with Crippen molar-refractivity contribution >= 4 is 0 Å². The minimum absolute atomic E-state index is 0.444. The van der Waals surface area contributed by atoms with Crippen LogP contribution in [-0.2, 0) is 6.54 Å². The van der Waals surface area contributed by atoms with E-state index in [4.69, 9.17) is 0 Å². The van der Waals surface area contributed by atoms with E-state index in [1.807, 2.05) is 13.2 Å². The third kappa shape index (κ3) is 1.57. The highest BCUT2D eigenvalue weighted by Gasteiger charge is 2.41. The number of aromatic nitrogens is 2. The van der Waals surface area contributed by atoms with Crippen molar-refractivity contribution in [2.45, 2.75) is 32.9 Å². The zero-order valence-corrected chi connectivity index (χ0v) is 9.20. The van der Waals surface area contributed by atoms with Crippen LogP contribution in [0.3, 0.4) is 0 Å². The quantitative estimate of drug-likeness (QED) is 0.790. The molecule has 0 radical (unpaired) electrons. The van der Waals surface area contributed by atoms with Gasteiger partial charge in [-0.05, 0) is 32.2 Å². The van der Waals surface area contributed by atoms with Gasteiger partial charge < -0.3 is 9.88 Å². The van der Waals surface area contributed by atoms with E-state index in [2.05, 4.69) is 34.9 Å². The van der Waals surface area contributed by atoms with Crippen molar-refractivity contribution in [3.8, 4) is 0 Å². The van der Waals surface area contributed by atoms with Crippen LogP contribution in [0.4, 0.5) is 0 Å². The molecule has 0 aliphatic heterocycles. The summed E-state index contributed by atoms with van der Waals surface area (Å²) in [5.74, 6) is 2.84. The first kappa shape index (κ1) is 9.71. The zero-order valence-electron chi connectivity index (χ0n) is 9.20. The van der Waals surface area contributed by atoms with E-state index in [0.29, 0.717) is 6.04 Å². The summed E-state index contributed by atoms with van der Waals surface area (Å²) < 4.78 is 2.23. The van der Waals surface area contributed by atoms with Gasteiger partial charge in [0, 0.05) is 18.9 Å². The molecule has 14 heavy (non-hydrogen) atoms. The lowest BCUT2D eigenvalue weighted by molar-refractivity contribution is 0.458.